The van der Waals surface area contributed by atoms with Gasteiger partial charge in [0.05, 0.1) is 6.61 Å². The molecule has 0 spiro atoms. The predicted octanol–water partition coefficient (Wildman–Crippen LogP) is 0.104. The summed E-state index contributed by atoms with van der Waals surface area (Å²) in [5.74, 6) is -1.34. The Kier molecular flexibility index (Phi) is 8.44. The average molecular weight is 246 g/mol. The van der Waals surface area contributed by atoms with Crippen molar-refractivity contribution >= 4 is 18.0 Å². The molecule has 0 aliphatic heterocycles. The molecule has 0 saturated carbocycles. The van der Waals surface area contributed by atoms with Gasteiger partial charge in [-0.25, -0.2) is 4.79 Å². The van der Waals surface area contributed by atoms with E-state index in [0.717, 1.165) is 0 Å². The fourth-order valence-corrected chi connectivity index (χ4v) is 1.03. The number of hydrogen-bond acceptors (Lipinski definition) is 4. The van der Waals surface area contributed by atoms with Crippen molar-refractivity contribution in [3.05, 3.63) is 0 Å². The van der Waals surface area contributed by atoms with Crippen LogP contribution in [0.15, 0.2) is 0 Å². The largest absolute Gasteiger partial charge is 0.481 e. The zero-order chi connectivity index (χ0) is 13.1. The van der Waals surface area contributed by atoms with Gasteiger partial charge in [0.1, 0.15) is 6.54 Å². The van der Waals surface area contributed by atoms with Crippen molar-refractivity contribution in [2.45, 2.75) is 26.2 Å². The quantitative estimate of drug-likeness (QED) is 0.416. The molecule has 0 aromatic heterocycles. The van der Waals surface area contributed by atoms with Gasteiger partial charge in [0.15, 0.2) is 0 Å². The van der Waals surface area contributed by atoms with Crippen LogP contribution in [0, 0.1) is 0 Å². The number of carboxylic acids is 1. The Morgan fingerprint density at radius 1 is 1.18 bits per heavy atom. The van der Waals surface area contributed by atoms with E-state index in [-0.39, 0.29) is 19.6 Å². The molecule has 0 aromatic rings. The van der Waals surface area contributed by atoms with E-state index in [1.807, 2.05) is 0 Å². The zero-order valence-electron chi connectivity index (χ0n) is 9.82. The maximum absolute atomic E-state index is 11.1. The Bertz CT molecular complexity index is 267. The number of aliphatic carboxylic acids is 1. The second-order valence-electron chi connectivity index (χ2n) is 3.27. The number of carboxylic acid groups (broad SMARTS) is 1. The van der Waals surface area contributed by atoms with E-state index in [1.165, 1.54) is 0 Å². The Hall–Kier alpha value is -1.79. The van der Waals surface area contributed by atoms with Crippen molar-refractivity contribution in [1.82, 2.24) is 10.6 Å². The topological polar surface area (TPSA) is 105 Å². The van der Waals surface area contributed by atoms with E-state index in [9.17, 15) is 14.4 Å². The molecule has 0 aromatic carbocycles. The van der Waals surface area contributed by atoms with E-state index in [1.54, 1.807) is 6.92 Å². The highest BCUT2D eigenvalue weighted by molar-refractivity contribution is 5.80. The van der Waals surface area contributed by atoms with Crippen LogP contribution in [0.25, 0.3) is 0 Å². The minimum atomic E-state index is -0.850. The predicted molar refractivity (Wildman–Crippen MR) is 59.5 cm³/mol. The van der Waals surface area contributed by atoms with Crippen LogP contribution in [0.3, 0.4) is 0 Å². The van der Waals surface area contributed by atoms with Crippen LogP contribution in [0.5, 0.6) is 0 Å². The molecule has 3 N–H and O–H groups in total. The molecule has 7 heteroatoms. The number of unbranched alkanes of at least 4 members (excludes halogenated alkanes) is 1. The molecule has 17 heavy (non-hydrogen) atoms. The molecule has 0 unspecified atom stereocenters. The molecular weight excluding hydrogens is 228 g/mol. The number of carbonyl (C=O) groups excluding carboxylic acids is 2. The highest BCUT2D eigenvalue weighted by Gasteiger charge is 2.04. The van der Waals surface area contributed by atoms with E-state index in [2.05, 4.69) is 15.4 Å². The standard InChI is InChI=1S/C10H18N2O5/c1-2-17-9(15)7-12-10(16)11-6-4-3-5-8(13)14/h2-7H2,1H3,(H,13,14)(H2,11,12,16). The third-order valence-corrected chi connectivity index (χ3v) is 1.80. The number of carbonyl (C=O) groups is 3. The number of amides is 2. The molecule has 7 nitrogen and oxygen atoms in total. The van der Waals surface area contributed by atoms with E-state index in [4.69, 9.17) is 5.11 Å². The molecule has 0 aliphatic rings. The van der Waals surface area contributed by atoms with Crippen LogP contribution < -0.4 is 10.6 Å². The van der Waals surface area contributed by atoms with Crippen molar-refractivity contribution in [3.63, 3.8) is 0 Å². The zero-order valence-corrected chi connectivity index (χ0v) is 9.82. The highest BCUT2D eigenvalue weighted by Crippen LogP contribution is 1.92. The van der Waals surface area contributed by atoms with Gasteiger partial charge in [-0.15, -0.1) is 0 Å². The summed E-state index contributed by atoms with van der Waals surface area (Å²) in [5, 5.41) is 13.2. The summed E-state index contributed by atoms with van der Waals surface area (Å²) < 4.78 is 4.61. The Labute approximate surface area is 99.5 Å². The van der Waals surface area contributed by atoms with E-state index in [0.29, 0.717) is 19.4 Å². The van der Waals surface area contributed by atoms with Gasteiger partial charge in [-0.2, -0.15) is 0 Å². The van der Waals surface area contributed by atoms with Gasteiger partial charge in [-0.05, 0) is 19.8 Å². The van der Waals surface area contributed by atoms with E-state index >= 15 is 0 Å². The molecule has 0 saturated heterocycles. The first-order chi connectivity index (χ1) is 8.06. The fraction of sp³-hybridized carbons (Fsp3) is 0.700. The van der Waals surface area contributed by atoms with Crippen LogP contribution in [0.4, 0.5) is 4.79 Å². The smallest absolute Gasteiger partial charge is 0.325 e. The second kappa shape index (κ2) is 9.44. The van der Waals surface area contributed by atoms with Crippen LogP contribution in [-0.4, -0.2) is 42.8 Å². The first kappa shape index (κ1) is 15.2. The summed E-state index contributed by atoms with van der Waals surface area (Å²) in [6, 6.07) is -0.464. The molecule has 2 amide bonds. The molecule has 0 heterocycles. The third-order valence-electron chi connectivity index (χ3n) is 1.80. The van der Waals surface area contributed by atoms with Gasteiger partial charge >= 0.3 is 18.0 Å². The average Bonchev–Trinajstić information content (AvgIpc) is 2.26. The van der Waals surface area contributed by atoms with Gasteiger partial charge in [0.2, 0.25) is 0 Å². The second-order valence-corrected chi connectivity index (χ2v) is 3.27. The highest BCUT2D eigenvalue weighted by atomic mass is 16.5. The summed E-state index contributed by atoms with van der Waals surface area (Å²) >= 11 is 0. The minimum Gasteiger partial charge on any atom is -0.481 e. The SMILES string of the molecule is CCOC(=O)CNC(=O)NCCCCC(=O)O. The van der Waals surface area contributed by atoms with Gasteiger partial charge in [-0.3, -0.25) is 9.59 Å². The van der Waals surface area contributed by atoms with Crippen molar-refractivity contribution in [1.29, 1.82) is 0 Å². The number of ether oxygens (including phenoxy) is 1. The number of esters is 1. The lowest BCUT2D eigenvalue weighted by atomic mass is 10.2. The summed E-state index contributed by atoms with van der Waals surface area (Å²) in [7, 11) is 0. The number of hydrogen-bond donors (Lipinski definition) is 3. The fourth-order valence-electron chi connectivity index (χ4n) is 1.03. The summed E-state index contributed by atoms with van der Waals surface area (Å²) in [5.41, 5.74) is 0. The maximum atomic E-state index is 11.1. The first-order valence-corrected chi connectivity index (χ1v) is 5.45. The summed E-state index contributed by atoms with van der Waals surface area (Å²) in [4.78, 5) is 32.2. The minimum absolute atomic E-state index is 0.0894. The lowest BCUT2D eigenvalue weighted by molar-refractivity contribution is -0.142. The van der Waals surface area contributed by atoms with Gasteiger partial charge in [0, 0.05) is 13.0 Å². The van der Waals surface area contributed by atoms with Gasteiger partial charge in [-0.1, -0.05) is 0 Å². The van der Waals surface area contributed by atoms with Crippen LogP contribution in [0.1, 0.15) is 26.2 Å². The third kappa shape index (κ3) is 10.5. The molecule has 0 atom stereocenters. The maximum Gasteiger partial charge on any atom is 0.325 e. The summed E-state index contributed by atoms with van der Waals surface area (Å²) in [6.45, 7) is 2.16. The van der Waals surface area contributed by atoms with E-state index < -0.39 is 18.0 Å². The van der Waals surface area contributed by atoms with Crippen LogP contribution in [-0.2, 0) is 14.3 Å². The molecular formula is C10H18N2O5. The first-order valence-electron chi connectivity index (χ1n) is 5.45. The summed E-state index contributed by atoms with van der Waals surface area (Å²) in [6.07, 6.45) is 1.18. The van der Waals surface area contributed by atoms with Crippen LogP contribution in [0.2, 0.25) is 0 Å². The lowest BCUT2D eigenvalue weighted by Crippen LogP contribution is -2.39. The van der Waals surface area contributed by atoms with Crippen molar-refractivity contribution < 1.29 is 24.2 Å². The molecule has 0 aliphatic carbocycles. The number of urea groups is 1. The van der Waals surface area contributed by atoms with Crippen LogP contribution >= 0.6 is 0 Å². The Morgan fingerprint density at radius 3 is 2.47 bits per heavy atom. The monoisotopic (exact) mass is 246 g/mol. The molecule has 98 valence electrons. The lowest BCUT2D eigenvalue weighted by Gasteiger charge is -2.06. The molecule has 0 bridgehead atoms. The number of rotatable bonds is 8. The molecule has 0 radical (unpaired) electrons. The van der Waals surface area contributed by atoms with Crippen molar-refractivity contribution in [2.75, 3.05) is 19.7 Å². The Balaban J connectivity index is 3.40. The normalized spacial score (nSPS) is 9.47. The molecule has 0 fully saturated rings. The van der Waals surface area contributed by atoms with Gasteiger partial charge < -0.3 is 20.5 Å². The Morgan fingerprint density at radius 2 is 1.88 bits per heavy atom. The number of nitrogens with one attached hydrogen (secondary N) is 2. The molecule has 0 rings (SSSR count). The van der Waals surface area contributed by atoms with Crippen molar-refractivity contribution in [3.8, 4) is 0 Å². The van der Waals surface area contributed by atoms with Gasteiger partial charge in [0.25, 0.3) is 0 Å². The van der Waals surface area contributed by atoms with Crippen molar-refractivity contribution in [2.24, 2.45) is 0 Å².